The van der Waals surface area contributed by atoms with Crippen molar-refractivity contribution >= 4 is 11.4 Å². The molecule has 0 bridgehead atoms. The monoisotopic (exact) mass is 207 g/mol. The van der Waals surface area contributed by atoms with Gasteiger partial charge in [0.2, 0.25) is 0 Å². The molecule has 78 valence electrons. The quantitative estimate of drug-likeness (QED) is 0.745. The molecule has 2 heterocycles. The van der Waals surface area contributed by atoms with E-state index >= 15 is 0 Å². The third kappa shape index (κ3) is 1.41. The van der Waals surface area contributed by atoms with E-state index < -0.39 is 5.82 Å². The third-order valence-electron chi connectivity index (χ3n) is 2.29. The molecule has 0 unspecified atom stereocenters. The van der Waals surface area contributed by atoms with Gasteiger partial charge in [0.1, 0.15) is 5.69 Å². The second-order valence-electron chi connectivity index (χ2n) is 3.22. The van der Waals surface area contributed by atoms with Crippen LogP contribution in [0.4, 0.5) is 4.39 Å². The zero-order chi connectivity index (χ0) is 11.0. The summed E-state index contributed by atoms with van der Waals surface area (Å²) in [6.07, 6.45) is 1.66. The second-order valence-corrected chi connectivity index (χ2v) is 3.22. The molecular formula is C10H10FN3O. The van der Waals surface area contributed by atoms with E-state index in [1.165, 1.54) is 10.5 Å². The standard InChI is InChI=1S/C10H10FN3O/c1-6-9(8(15)5-12)13-10-7(11)3-2-4-14(6)10/h2-4H,5,12H2,1H3. The Morgan fingerprint density at radius 1 is 1.67 bits per heavy atom. The van der Waals surface area contributed by atoms with Crippen LogP contribution in [-0.2, 0) is 0 Å². The number of aromatic nitrogens is 2. The van der Waals surface area contributed by atoms with Gasteiger partial charge in [-0.3, -0.25) is 4.79 Å². The van der Waals surface area contributed by atoms with Gasteiger partial charge in [-0.1, -0.05) is 0 Å². The van der Waals surface area contributed by atoms with Crippen molar-refractivity contribution in [3.05, 3.63) is 35.5 Å². The predicted octanol–water partition coefficient (Wildman–Crippen LogP) is 0.923. The number of halogens is 1. The summed E-state index contributed by atoms with van der Waals surface area (Å²) in [5.41, 5.74) is 6.25. The van der Waals surface area contributed by atoms with Crippen molar-refractivity contribution in [3.63, 3.8) is 0 Å². The molecule has 2 aromatic heterocycles. The Labute approximate surface area is 85.5 Å². The van der Waals surface area contributed by atoms with Crippen molar-refractivity contribution < 1.29 is 9.18 Å². The van der Waals surface area contributed by atoms with Gasteiger partial charge in [0.15, 0.2) is 17.2 Å². The van der Waals surface area contributed by atoms with Gasteiger partial charge in [0.25, 0.3) is 0 Å². The third-order valence-corrected chi connectivity index (χ3v) is 2.29. The van der Waals surface area contributed by atoms with Gasteiger partial charge < -0.3 is 10.1 Å². The molecule has 0 saturated heterocycles. The number of fused-ring (bicyclic) bond motifs is 1. The van der Waals surface area contributed by atoms with E-state index in [9.17, 15) is 9.18 Å². The van der Waals surface area contributed by atoms with Gasteiger partial charge in [-0.05, 0) is 19.1 Å². The van der Waals surface area contributed by atoms with Crippen LogP contribution in [0.15, 0.2) is 18.3 Å². The Morgan fingerprint density at radius 2 is 2.40 bits per heavy atom. The fourth-order valence-corrected chi connectivity index (χ4v) is 1.51. The molecule has 0 atom stereocenters. The topological polar surface area (TPSA) is 60.4 Å². The fraction of sp³-hybridized carbons (Fsp3) is 0.200. The molecule has 0 aromatic carbocycles. The summed E-state index contributed by atoms with van der Waals surface area (Å²) in [6.45, 7) is 1.59. The number of carbonyl (C=O) groups is 1. The number of pyridine rings is 1. The van der Waals surface area contributed by atoms with Crippen LogP contribution in [0.5, 0.6) is 0 Å². The van der Waals surface area contributed by atoms with Gasteiger partial charge in [-0.15, -0.1) is 0 Å². The van der Waals surface area contributed by atoms with Crippen LogP contribution in [0.2, 0.25) is 0 Å². The zero-order valence-electron chi connectivity index (χ0n) is 8.20. The lowest BCUT2D eigenvalue weighted by atomic mass is 10.2. The smallest absolute Gasteiger partial charge is 0.196 e. The molecule has 2 rings (SSSR count). The molecule has 0 radical (unpaired) electrons. The number of carbonyl (C=O) groups excluding carboxylic acids is 1. The molecule has 15 heavy (non-hydrogen) atoms. The molecule has 0 amide bonds. The largest absolute Gasteiger partial charge is 0.324 e. The lowest BCUT2D eigenvalue weighted by molar-refractivity contribution is 0.0996. The first-order chi connectivity index (χ1) is 7.15. The van der Waals surface area contributed by atoms with E-state index in [1.54, 1.807) is 19.2 Å². The highest BCUT2D eigenvalue weighted by Crippen LogP contribution is 2.14. The van der Waals surface area contributed by atoms with E-state index in [1.807, 2.05) is 0 Å². The first-order valence-electron chi connectivity index (χ1n) is 4.51. The minimum atomic E-state index is -0.448. The zero-order valence-corrected chi connectivity index (χ0v) is 8.20. The van der Waals surface area contributed by atoms with Crippen LogP contribution in [-0.4, -0.2) is 21.7 Å². The van der Waals surface area contributed by atoms with Crippen molar-refractivity contribution in [2.24, 2.45) is 5.73 Å². The highest BCUT2D eigenvalue weighted by molar-refractivity contribution is 5.97. The maximum atomic E-state index is 13.3. The summed E-state index contributed by atoms with van der Waals surface area (Å²) >= 11 is 0. The van der Waals surface area contributed by atoms with Crippen LogP contribution < -0.4 is 5.73 Å². The lowest BCUT2D eigenvalue weighted by Gasteiger charge is -1.96. The van der Waals surface area contributed by atoms with Crippen LogP contribution in [0.3, 0.4) is 0 Å². The number of imidazole rings is 1. The number of hydrogen-bond acceptors (Lipinski definition) is 3. The van der Waals surface area contributed by atoms with Crippen LogP contribution in [0.25, 0.3) is 5.65 Å². The average molecular weight is 207 g/mol. The van der Waals surface area contributed by atoms with E-state index in [2.05, 4.69) is 4.98 Å². The Hall–Kier alpha value is -1.75. The first-order valence-corrected chi connectivity index (χ1v) is 4.51. The number of nitrogens with zero attached hydrogens (tertiary/aromatic N) is 2. The summed E-state index contributed by atoms with van der Waals surface area (Å²) in [5.74, 6) is -0.729. The van der Waals surface area contributed by atoms with Crippen molar-refractivity contribution in [1.29, 1.82) is 0 Å². The summed E-state index contributed by atoms with van der Waals surface area (Å²) in [6, 6.07) is 2.87. The number of Topliss-reactive ketones (excluding diaryl/α,β-unsaturated/α-hetero) is 1. The molecule has 5 heteroatoms. The molecule has 2 aromatic rings. The van der Waals surface area contributed by atoms with E-state index in [4.69, 9.17) is 5.73 Å². The Balaban J connectivity index is 2.75. The summed E-state index contributed by atoms with van der Waals surface area (Å²) in [7, 11) is 0. The number of aryl methyl sites for hydroxylation is 1. The van der Waals surface area contributed by atoms with Gasteiger partial charge in [-0.25, -0.2) is 9.37 Å². The highest BCUT2D eigenvalue weighted by atomic mass is 19.1. The van der Waals surface area contributed by atoms with Gasteiger partial charge in [0.05, 0.1) is 12.2 Å². The lowest BCUT2D eigenvalue weighted by Crippen LogP contribution is -2.15. The van der Waals surface area contributed by atoms with Gasteiger partial charge in [-0.2, -0.15) is 0 Å². The van der Waals surface area contributed by atoms with Crippen molar-refractivity contribution in [2.45, 2.75) is 6.92 Å². The predicted molar refractivity (Wildman–Crippen MR) is 53.3 cm³/mol. The number of hydrogen-bond donors (Lipinski definition) is 1. The van der Waals surface area contributed by atoms with E-state index in [0.717, 1.165) is 0 Å². The summed E-state index contributed by atoms with van der Waals surface area (Å²) in [4.78, 5) is 15.3. The molecule has 0 aliphatic rings. The maximum absolute atomic E-state index is 13.3. The SMILES string of the molecule is Cc1c(C(=O)CN)nc2c(F)cccn12. The molecular weight excluding hydrogens is 197 g/mol. The maximum Gasteiger partial charge on any atom is 0.196 e. The van der Waals surface area contributed by atoms with Gasteiger partial charge in [0, 0.05) is 6.20 Å². The van der Waals surface area contributed by atoms with E-state index in [0.29, 0.717) is 5.69 Å². The van der Waals surface area contributed by atoms with Crippen molar-refractivity contribution in [2.75, 3.05) is 6.54 Å². The Bertz CT molecular complexity index is 533. The van der Waals surface area contributed by atoms with Crippen molar-refractivity contribution in [3.8, 4) is 0 Å². The molecule has 0 spiro atoms. The number of nitrogens with two attached hydrogens (primary N) is 1. The average Bonchev–Trinajstić information content (AvgIpc) is 2.57. The van der Waals surface area contributed by atoms with Crippen LogP contribution >= 0.6 is 0 Å². The molecule has 0 aliphatic heterocycles. The Morgan fingerprint density at radius 3 is 3.00 bits per heavy atom. The van der Waals surface area contributed by atoms with Gasteiger partial charge >= 0.3 is 0 Å². The first kappa shape index (κ1) is 9.79. The number of rotatable bonds is 2. The van der Waals surface area contributed by atoms with Crippen LogP contribution in [0, 0.1) is 12.7 Å². The molecule has 2 N–H and O–H groups in total. The number of ketones is 1. The highest BCUT2D eigenvalue weighted by Gasteiger charge is 2.15. The molecule has 4 nitrogen and oxygen atoms in total. The van der Waals surface area contributed by atoms with E-state index in [-0.39, 0.29) is 23.7 Å². The van der Waals surface area contributed by atoms with Crippen LogP contribution in [0.1, 0.15) is 16.2 Å². The normalized spacial score (nSPS) is 10.9. The molecule has 0 aliphatic carbocycles. The minimum absolute atomic E-state index is 0.119. The minimum Gasteiger partial charge on any atom is -0.324 e. The Kier molecular flexibility index (Phi) is 2.24. The fourth-order valence-electron chi connectivity index (χ4n) is 1.51. The second kappa shape index (κ2) is 3.43. The summed E-state index contributed by atoms with van der Waals surface area (Å²) < 4.78 is 14.9. The van der Waals surface area contributed by atoms with Crippen molar-refractivity contribution in [1.82, 2.24) is 9.38 Å². The molecule has 0 fully saturated rings. The summed E-state index contributed by atoms with van der Waals surface area (Å²) in [5, 5.41) is 0. The molecule has 0 saturated carbocycles.